The number of benzene rings is 2. The van der Waals surface area contributed by atoms with E-state index in [-0.39, 0.29) is 12.0 Å². The number of rotatable bonds is 4. The Balaban J connectivity index is 1.65. The quantitative estimate of drug-likeness (QED) is 0.930. The zero-order valence-corrected chi connectivity index (χ0v) is 13.7. The van der Waals surface area contributed by atoms with Gasteiger partial charge in [0.25, 0.3) is 5.91 Å². The van der Waals surface area contributed by atoms with Crippen LogP contribution in [0.3, 0.4) is 0 Å². The van der Waals surface area contributed by atoms with Gasteiger partial charge in [-0.05, 0) is 55.3 Å². The van der Waals surface area contributed by atoms with Crippen molar-refractivity contribution >= 4 is 17.3 Å². The lowest BCUT2D eigenvalue weighted by Gasteiger charge is -2.33. The third-order valence-corrected chi connectivity index (χ3v) is 4.29. The molecule has 0 bridgehead atoms. The van der Waals surface area contributed by atoms with Crippen LogP contribution in [0.15, 0.2) is 48.5 Å². The summed E-state index contributed by atoms with van der Waals surface area (Å²) in [5.41, 5.74) is 2.10. The summed E-state index contributed by atoms with van der Waals surface area (Å²) in [6.45, 7) is 1.89. The number of hydrogen-bond donors (Lipinski definition) is 1. The van der Waals surface area contributed by atoms with Crippen LogP contribution in [-0.2, 0) is 4.74 Å². The van der Waals surface area contributed by atoms with Crippen molar-refractivity contribution in [3.63, 3.8) is 0 Å². The van der Waals surface area contributed by atoms with Crippen LogP contribution in [0.5, 0.6) is 0 Å². The number of ether oxygens (including phenoxy) is 1. The second-order valence-corrected chi connectivity index (χ2v) is 5.96. The first-order valence-corrected chi connectivity index (χ1v) is 8.10. The van der Waals surface area contributed by atoms with E-state index in [1.807, 2.05) is 24.3 Å². The summed E-state index contributed by atoms with van der Waals surface area (Å²) >= 11 is 0. The van der Waals surface area contributed by atoms with Gasteiger partial charge in [0.15, 0.2) is 0 Å². The molecule has 3 rings (SSSR count). The second kappa shape index (κ2) is 7.45. The summed E-state index contributed by atoms with van der Waals surface area (Å²) in [5.74, 6) is -0.740. The number of piperidine rings is 1. The minimum absolute atomic E-state index is 0.270. The monoisotopic (exact) mass is 328 g/mol. The highest BCUT2D eigenvalue weighted by Gasteiger charge is 2.19. The van der Waals surface area contributed by atoms with Crippen LogP contribution < -0.4 is 10.2 Å². The Morgan fingerprint density at radius 3 is 2.75 bits per heavy atom. The maximum atomic E-state index is 13.2. The van der Waals surface area contributed by atoms with Crippen molar-refractivity contribution in [1.29, 1.82) is 0 Å². The molecule has 1 heterocycles. The lowest BCUT2D eigenvalue weighted by atomic mass is 10.1. The van der Waals surface area contributed by atoms with E-state index in [2.05, 4.69) is 10.2 Å². The Kier molecular flexibility index (Phi) is 5.11. The molecule has 5 heteroatoms. The summed E-state index contributed by atoms with van der Waals surface area (Å²) in [6, 6.07) is 13.4. The molecule has 24 heavy (non-hydrogen) atoms. The maximum absolute atomic E-state index is 13.2. The predicted octanol–water partition coefficient (Wildman–Crippen LogP) is 3.69. The molecule has 0 radical (unpaired) electrons. The Morgan fingerprint density at radius 2 is 2.04 bits per heavy atom. The lowest BCUT2D eigenvalue weighted by molar-refractivity contribution is 0.0893. The molecule has 0 saturated carbocycles. The summed E-state index contributed by atoms with van der Waals surface area (Å²) < 4.78 is 18.6. The van der Waals surface area contributed by atoms with Crippen LogP contribution in [0.2, 0.25) is 0 Å². The smallest absolute Gasteiger partial charge is 0.255 e. The minimum atomic E-state index is -0.421. The van der Waals surface area contributed by atoms with Gasteiger partial charge in [0.2, 0.25) is 0 Å². The van der Waals surface area contributed by atoms with Crippen LogP contribution in [-0.4, -0.2) is 32.2 Å². The fourth-order valence-corrected chi connectivity index (χ4v) is 2.95. The number of carbonyl (C=O) groups excluding carboxylic acids is 1. The predicted molar refractivity (Wildman–Crippen MR) is 93.0 cm³/mol. The minimum Gasteiger partial charge on any atom is -0.380 e. The molecule has 4 nitrogen and oxygen atoms in total. The van der Waals surface area contributed by atoms with Crippen LogP contribution >= 0.6 is 0 Å². The molecule has 126 valence electrons. The normalized spacial score (nSPS) is 17.6. The number of nitrogens with zero attached hydrogens (tertiary/aromatic N) is 1. The first-order valence-electron chi connectivity index (χ1n) is 8.10. The van der Waals surface area contributed by atoms with Gasteiger partial charge in [-0.25, -0.2) is 4.39 Å². The first-order chi connectivity index (χ1) is 11.7. The highest BCUT2D eigenvalue weighted by atomic mass is 19.1. The molecule has 1 aliphatic rings. The third kappa shape index (κ3) is 3.92. The molecule has 0 spiro atoms. The van der Waals surface area contributed by atoms with Crippen LogP contribution in [0, 0.1) is 5.82 Å². The van der Waals surface area contributed by atoms with Crippen molar-refractivity contribution < 1.29 is 13.9 Å². The highest BCUT2D eigenvalue weighted by molar-refractivity contribution is 6.04. The van der Waals surface area contributed by atoms with E-state index in [1.165, 1.54) is 18.2 Å². The summed E-state index contributed by atoms with van der Waals surface area (Å²) in [5, 5.41) is 2.79. The van der Waals surface area contributed by atoms with Gasteiger partial charge >= 0.3 is 0 Å². The second-order valence-electron chi connectivity index (χ2n) is 5.96. The lowest BCUT2D eigenvalue weighted by Crippen LogP contribution is -2.39. The van der Waals surface area contributed by atoms with E-state index >= 15 is 0 Å². The fourth-order valence-electron chi connectivity index (χ4n) is 2.95. The number of amides is 1. The van der Waals surface area contributed by atoms with Gasteiger partial charge in [0.1, 0.15) is 5.82 Å². The van der Waals surface area contributed by atoms with Crippen molar-refractivity contribution in [2.75, 3.05) is 30.4 Å². The Morgan fingerprint density at radius 1 is 1.25 bits per heavy atom. The summed E-state index contributed by atoms with van der Waals surface area (Å²) in [6.07, 6.45) is 2.47. The topological polar surface area (TPSA) is 41.6 Å². The van der Waals surface area contributed by atoms with Crippen molar-refractivity contribution in [3.05, 3.63) is 59.9 Å². The van der Waals surface area contributed by atoms with Gasteiger partial charge in [0.05, 0.1) is 6.10 Å². The summed E-state index contributed by atoms with van der Waals surface area (Å²) in [4.78, 5) is 14.4. The van der Waals surface area contributed by atoms with Crippen LogP contribution in [0.1, 0.15) is 23.2 Å². The average molecular weight is 328 g/mol. The van der Waals surface area contributed by atoms with Crippen molar-refractivity contribution in [2.24, 2.45) is 0 Å². The maximum Gasteiger partial charge on any atom is 0.255 e. The third-order valence-electron chi connectivity index (χ3n) is 4.29. The van der Waals surface area contributed by atoms with E-state index in [4.69, 9.17) is 4.74 Å². The molecule has 1 aliphatic heterocycles. The van der Waals surface area contributed by atoms with Gasteiger partial charge in [-0.3, -0.25) is 4.79 Å². The Labute approximate surface area is 141 Å². The standard InChI is InChI=1S/C19H21FN2O2/c1-24-18-6-3-11-22(13-18)17-9-7-16(8-10-17)21-19(23)14-4-2-5-15(20)12-14/h2,4-5,7-10,12,18H,3,6,11,13H2,1H3,(H,21,23). The van der Waals surface area contributed by atoms with Crippen LogP contribution in [0.4, 0.5) is 15.8 Å². The molecule has 1 unspecified atom stereocenters. The Bertz CT molecular complexity index is 703. The SMILES string of the molecule is COC1CCCN(c2ccc(NC(=O)c3cccc(F)c3)cc2)C1. The number of nitrogens with one attached hydrogen (secondary N) is 1. The van der Waals surface area contributed by atoms with E-state index in [0.717, 1.165) is 31.6 Å². The Hall–Kier alpha value is -2.40. The van der Waals surface area contributed by atoms with E-state index in [1.54, 1.807) is 13.2 Å². The summed E-state index contributed by atoms with van der Waals surface area (Å²) in [7, 11) is 1.75. The van der Waals surface area contributed by atoms with E-state index < -0.39 is 5.82 Å². The fraction of sp³-hybridized carbons (Fsp3) is 0.316. The number of carbonyl (C=O) groups is 1. The largest absolute Gasteiger partial charge is 0.380 e. The van der Waals surface area contributed by atoms with E-state index in [0.29, 0.717) is 11.3 Å². The number of methoxy groups -OCH3 is 1. The van der Waals surface area contributed by atoms with Gasteiger partial charge in [-0.15, -0.1) is 0 Å². The zero-order valence-electron chi connectivity index (χ0n) is 13.7. The molecule has 2 aromatic carbocycles. The van der Waals surface area contributed by atoms with Crippen LogP contribution in [0.25, 0.3) is 0 Å². The van der Waals surface area contributed by atoms with E-state index in [9.17, 15) is 9.18 Å². The van der Waals surface area contributed by atoms with Crippen molar-refractivity contribution in [3.8, 4) is 0 Å². The average Bonchev–Trinajstić information content (AvgIpc) is 2.62. The van der Waals surface area contributed by atoms with Gasteiger partial charge in [0, 0.05) is 37.1 Å². The molecule has 2 aromatic rings. The molecular formula is C19H21FN2O2. The zero-order chi connectivity index (χ0) is 16.9. The first kappa shape index (κ1) is 16.5. The highest BCUT2D eigenvalue weighted by Crippen LogP contribution is 2.23. The number of anilines is 2. The molecule has 1 amide bonds. The van der Waals surface area contributed by atoms with Gasteiger partial charge in [-0.1, -0.05) is 6.07 Å². The molecule has 1 fully saturated rings. The molecule has 0 aromatic heterocycles. The number of hydrogen-bond acceptors (Lipinski definition) is 3. The van der Waals surface area contributed by atoms with Crippen molar-refractivity contribution in [1.82, 2.24) is 0 Å². The molecular weight excluding hydrogens is 307 g/mol. The molecule has 0 aliphatic carbocycles. The van der Waals surface area contributed by atoms with Gasteiger partial charge < -0.3 is 15.0 Å². The van der Waals surface area contributed by atoms with Crippen molar-refractivity contribution in [2.45, 2.75) is 18.9 Å². The molecule has 1 atom stereocenters. The molecule has 1 N–H and O–H groups in total. The molecule has 1 saturated heterocycles. The number of halogens is 1. The van der Waals surface area contributed by atoms with Gasteiger partial charge in [-0.2, -0.15) is 0 Å².